The number of nitrogens with one attached hydrogen (secondary N) is 1. The highest BCUT2D eigenvalue weighted by Gasteiger charge is 2.08. The zero-order valence-corrected chi connectivity index (χ0v) is 15.7. The van der Waals surface area contributed by atoms with Gasteiger partial charge in [-0.2, -0.15) is 0 Å². The maximum Gasteiger partial charge on any atom is 0.257 e. The molecule has 4 rings (SSSR count). The summed E-state index contributed by atoms with van der Waals surface area (Å²) in [5.41, 5.74) is 2.42. The number of anilines is 1. The number of nitrogens with zero attached hydrogens (tertiary/aromatic N) is 4. The van der Waals surface area contributed by atoms with Crippen molar-refractivity contribution in [1.29, 1.82) is 0 Å². The number of thioether (sulfide) groups is 1. The van der Waals surface area contributed by atoms with Gasteiger partial charge in [0, 0.05) is 47.3 Å². The number of rotatable bonds is 6. The molecule has 138 valence electrons. The molecule has 28 heavy (non-hydrogen) atoms. The van der Waals surface area contributed by atoms with Crippen molar-refractivity contribution in [3.63, 3.8) is 0 Å². The second-order valence-corrected chi connectivity index (χ2v) is 7.05. The van der Waals surface area contributed by atoms with Gasteiger partial charge in [-0.15, -0.1) is 11.8 Å². The lowest BCUT2D eigenvalue weighted by atomic mass is 10.2. The first kappa shape index (κ1) is 17.9. The molecule has 3 aromatic heterocycles. The molecular formula is C21H17N5OS. The maximum absolute atomic E-state index is 12.4. The number of pyridine rings is 2. The average molecular weight is 387 g/mol. The summed E-state index contributed by atoms with van der Waals surface area (Å²) in [6, 6.07) is 15.3. The van der Waals surface area contributed by atoms with Gasteiger partial charge in [0.25, 0.3) is 5.91 Å². The van der Waals surface area contributed by atoms with E-state index in [2.05, 4.69) is 26.3 Å². The molecule has 0 aliphatic rings. The topological polar surface area (TPSA) is 72.7 Å². The predicted molar refractivity (Wildman–Crippen MR) is 110 cm³/mol. The molecule has 0 fully saturated rings. The molecule has 0 unspecified atom stereocenters. The fraction of sp³-hybridized carbons (Fsp3) is 0.0476. The Morgan fingerprint density at radius 2 is 1.89 bits per heavy atom. The lowest BCUT2D eigenvalue weighted by molar-refractivity contribution is 0.102. The minimum atomic E-state index is -0.194. The summed E-state index contributed by atoms with van der Waals surface area (Å²) in [7, 11) is 0. The van der Waals surface area contributed by atoms with E-state index < -0.39 is 0 Å². The maximum atomic E-state index is 12.4. The van der Waals surface area contributed by atoms with Gasteiger partial charge in [0.05, 0.1) is 5.56 Å². The monoisotopic (exact) mass is 387 g/mol. The second-order valence-electron chi connectivity index (χ2n) is 6.00. The molecule has 0 aliphatic carbocycles. The molecule has 0 atom stereocenters. The van der Waals surface area contributed by atoms with Crippen LogP contribution in [0.2, 0.25) is 0 Å². The summed E-state index contributed by atoms with van der Waals surface area (Å²) in [5.74, 6) is 1.37. The van der Waals surface area contributed by atoms with Crippen LogP contribution in [0.25, 0.3) is 5.82 Å². The molecule has 7 heteroatoms. The minimum Gasteiger partial charge on any atom is -0.322 e. The molecule has 0 saturated heterocycles. The molecule has 6 nitrogen and oxygen atoms in total. The van der Waals surface area contributed by atoms with Gasteiger partial charge < -0.3 is 5.32 Å². The van der Waals surface area contributed by atoms with Crippen LogP contribution < -0.4 is 5.32 Å². The minimum absolute atomic E-state index is 0.194. The van der Waals surface area contributed by atoms with Gasteiger partial charge in [0.1, 0.15) is 12.1 Å². The Morgan fingerprint density at radius 3 is 2.57 bits per heavy atom. The van der Waals surface area contributed by atoms with Gasteiger partial charge in [-0.1, -0.05) is 6.07 Å². The third kappa shape index (κ3) is 4.44. The Balaban J connectivity index is 1.35. The van der Waals surface area contributed by atoms with Crippen LogP contribution in [0, 0.1) is 0 Å². The predicted octanol–water partition coefficient (Wildman–Crippen LogP) is 4.21. The van der Waals surface area contributed by atoms with Crippen LogP contribution in [-0.4, -0.2) is 25.4 Å². The summed E-state index contributed by atoms with van der Waals surface area (Å²) in [6.07, 6.45) is 10.3. The van der Waals surface area contributed by atoms with Crippen molar-refractivity contribution in [1.82, 2.24) is 19.5 Å². The molecular weight excluding hydrogens is 370 g/mol. The smallest absolute Gasteiger partial charge is 0.257 e. The number of hydrogen-bond donors (Lipinski definition) is 1. The average Bonchev–Trinajstić information content (AvgIpc) is 3.29. The van der Waals surface area contributed by atoms with E-state index in [1.165, 1.54) is 5.56 Å². The van der Waals surface area contributed by atoms with Crippen LogP contribution in [0.5, 0.6) is 0 Å². The number of carbonyl (C=O) groups excluding carboxylic acids is 1. The largest absolute Gasteiger partial charge is 0.322 e. The number of benzene rings is 1. The highest BCUT2D eigenvalue weighted by Crippen LogP contribution is 2.24. The first-order valence-corrected chi connectivity index (χ1v) is 9.64. The summed E-state index contributed by atoms with van der Waals surface area (Å²) in [5, 5.41) is 2.90. The Kier molecular flexibility index (Phi) is 5.44. The summed E-state index contributed by atoms with van der Waals surface area (Å²) in [4.78, 5) is 26.0. The molecule has 1 N–H and O–H groups in total. The van der Waals surface area contributed by atoms with Crippen LogP contribution in [0.4, 0.5) is 5.69 Å². The van der Waals surface area contributed by atoms with Crippen LogP contribution in [-0.2, 0) is 5.75 Å². The molecule has 1 amide bonds. The van der Waals surface area contributed by atoms with E-state index in [0.29, 0.717) is 11.4 Å². The van der Waals surface area contributed by atoms with E-state index in [1.54, 1.807) is 59.6 Å². The van der Waals surface area contributed by atoms with Crippen molar-refractivity contribution < 1.29 is 4.79 Å². The molecule has 0 aliphatic heterocycles. The van der Waals surface area contributed by atoms with Crippen molar-refractivity contribution in [2.24, 2.45) is 0 Å². The second kappa shape index (κ2) is 8.49. The highest BCUT2D eigenvalue weighted by molar-refractivity contribution is 7.98. The Labute approximate surface area is 166 Å². The third-order valence-corrected chi connectivity index (χ3v) is 5.10. The first-order valence-electron chi connectivity index (χ1n) is 8.65. The standard InChI is InChI=1S/C21H17N5OS/c27-21(17-3-8-20(24-13-17)26-11-10-23-15-26)25-18-4-6-19(7-5-18)28-14-16-2-1-9-22-12-16/h1-13,15H,14H2,(H,25,27). The SMILES string of the molecule is O=C(Nc1ccc(SCc2cccnc2)cc1)c1ccc(-n2ccnc2)nc1. The van der Waals surface area contributed by atoms with Crippen molar-refractivity contribution >= 4 is 23.4 Å². The van der Waals surface area contributed by atoms with Crippen molar-refractivity contribution in [3.05, 3.63) is 97.0 Å². The molecule has 0 spiro atoms. The highest BCUT2D eigenvalue weighted by atomic mass is 32.2. The van der Waals surface area contributed by atoms with Crippen LogP contribution in [0.15, 0.2) is 90.7 Å². The van der Waals surface area contributed by atoms with E-state index in [-0.39, 0.29) is 5.91 Å². The normalized spacial score (nSPS) is 10.6. The van der Waals surface area contributed by atoms with E-state index >= 15 is 0 Å². The summed E-state index contributed by atoms with van der Waals surface area (Å²) >= 11 is 1.73. The Morgan fingerprint density at radius 1 is 1.00 bits per heavy atom. The fourth-order valence-corrected chi connectivity index (χ4v) is 3.39. The van der Waals surface area contributed by atoms with Gasteiger partial charge in [-0.05, 0) is 48.0 Å². The number of aromatic nitrogens is 4. The van der Waals surface area contributed by atoms with E-state index in [1.807, 2.05) is 36.5 Å². The van der Waals surface area contributed by atoms with Gasteiger partial charge >= 0.3 is 0 Å². The van der Waals surface area contributed by atoms with Gasteiger partial charge in [0.15, 0.2) is 0 Å². The van der Waals surface area contributed by atoms with Crippen molar-refractivity contribution in [3.8, 4) is 5.82 Å². The Hall–Kier alpha value is -3.45. The zero-order valence-electron chi connectivity index (χ0n) is 14.9. The summed E-state index contributed by atoms with van der Waals surface area (Å²) in [6.45, 7) is 0. The lowest BCUT2D eigenvalue weighted by Gasteiger charge is -2.07. The molecule has 0 saturated carbocycles. The molecule has 0 radical (unpaired) electrons. The number of amides is 1. The van der Waals surface area contributed by atoms with E-state index in [9.17, 15) is 4.79 Å². The molecule has 4 aromatic rings. The Bertz CT molecular complexity index is 1030. The number of carbonyl (C=O) groups is 1. The van der Waals surface area contributed by atoms with Crippen LogP contribution >= 0.6 is 11.8 Å². The fourth-order valence-electron chi connectivity index (χ4n) is 2.56. The quantitative estimate of drug-likeness (QED) is 0.502. The number of hydrogen-bond acceptors (Lipinski definition) is 5. The first-order chi connectivity index (χ1) is 13.8. The van der Waals surface area contributed by atoms with Crippen LogP contribution in [0.3, 0.4) is 0 Å². The summed E-state index contributed by atoms with van der Waals surface area (Å²) < 4.78 is 1.78. The lowest BCUT2D eigenvalue weighted by Crippen LogP contribution is -2.12. The third-order valence-electron chi connectivity index (χ3n) is 4.02. The number of imidazole rings is 1. The van der Waals surface area contributed by atoms with Crippen molar-refractivity contribution in [2.75, 3.05) is 5.32 Å². The van der Waals surface area contributed by atoms with E-state index in [4.69, 9.17) is 0 Å². The van der Waals surface area contributed by atoms with E-state index in [0.717, 1.165) is 16.3 Å². The molecule has 0 bridgehead atoms. The van der Waals surface area contributed by atoms with Crippen LogP contribution in [0.1, 0.15) is 15.9 Å². The zero-order chi connectivity index (χ0) is 19.2. The molecule has 3 heterocycles. The van der Waals surface area contributed by atoms with Gasteiger partial charge in [-0.3, -0.25) is 14.3 Å². The van der Waals surface area contributed by atoms with Gasteiger partial charge in [0.2, 0.25) is 0 Å². The van der Waals surface area contributed by atoms with Crippen molar-refractivity contribution in [2.45, 2.75) is 10.6 Å². The molecule has 1 aromatic carbocycles. The van der Waals surface area contributed by atoms with Gasteiger partial charge in [-0.25, -0.2) is 9.97 Å².